The maximum atomic E-state index is 9.64. The topological polar surface area (TPSA) is 86.2 Å². The zero-order valence-corrected chi connectivity index (χ0v) is 27.1. The van der Waals surface area contributed by atoms with Crippen LogP contribution in [0, 0.1) is 22.7 Å². The number of aromatic nitrogens is 3. The molecule has 0 amide bonds. The van der Waals surface area contributed by atoms with E-state index in [0.29, 0.717) is 28.6 Å². The van der Waals surface area contributed by atoms with E-state index in [2.05, 4.69) is 68.5 Å². The fraction of sp³-hybridized carbons (Fsp3) is 0.0714. The van der Waals surface area contributed by atoms with Gasteiger partial charge >= 0.3 is 0 Å². The van der Waals surface area contributed by atoms with Gasteiger partial charge < -0.3 is 0 Å². The third-order valence-electron chi connectivity index (χ3n) is 9.09. The second-order valence-electron chi connectivity index (χ2n) is 12.3. The van der Waals surface area contributed by atoms with E-state index in [0.717, 1.165) is 48.4 Å². The molecule has 8 rings (SSSR count). The number of nitriles is 2. The number of nitrogens with zero attached hydrogens (tertiary/aromatic N) is 5. The third kappa shape index (κ3) is 4.91. The molecule has 0 fully saturated rings. The van der Waals surface area contributed by atoms with Crippen molar-refractivity contribution < 1.29 is 0 Å². The number of hydrogen-bond acceptors (Lipinski definition) is 6. The van der Waals surface area contributed by atoms with Crippen molar-refractivity contribution in [2.75, 3.05) is 0 Å². The lowest BCUT2D eigenvalue weighted by molar-refractivity contribution is 0.607. The van der Waals surface area contributed by atoms with E-state index in [1.165, 1.54) is 11.1 Å². The molecule has 6 aromatic carbocycles. The monoisotopic (exact) mass is 633 g/mol. The van der Waals surface area contributed by atoms with Gasteiger partial charge in [-0.1, -0.05) is 135 Å². The minimum Gasteiger partial charge on any atom is -0.208 e. The van der Waals surface area contributed by atoms with E-state index < -0.39 is 0 Å². The molecular weight excluding hydrogens is 607 g/mol. The van der Waals surface area contributed by atoms with E-state index in [4.69, 9.17) is 15.0 Å². The summed E-state index contributed by atoms with van der Waals surface area (Å²) in [6.07, 6.45) is 0. The zero-order chi connectivity index (χ0) is 32.8. The molecule has 1 aliphatic rings. The molecule has 6 heteroatoms. The highest BCUT2D eigenvalue weighted by atomic mass is 32.2. The molecule has 0 N–H and O–H groups in total. The SMILES string of the molecule is CC1(C)c2ccc(C#N)cc2Sc2c(-c3nc(-c4ccccc4)nc(-c4ccc(-c5ccc(C#N)c6ccccc56)cc4)n3)cccc21. The van der Waals surface area contributed by atoms with Gasteiger partial charge in [-0.05, 0) is 45.8 Å². The average molecular weight is 634 g/mol. The van der Waals surface area contributed by atoms with Gasteiger partial charge in [-0.15, -0.1) is 0 Å². The number of benzene rings is 6. The first-order chi connectivity index (χ1) is 23.4. The number of rotatable bonds is 4. The van der Waals surface area contributed by atoms with Crippen molar-refractivity contribution in [3.63, 3.8) is 0 Å². The van der Waals surface area contributed by atoms with Gasteiger partial charge in [-0.3, -0.25) is 0 Å². The predicted molar refractivity (Wildman–Crippen MR) is 191 cm³/mol. The Morgan fingerprint density at radius 3 is 1.94 bits per heavy atom. The van der Waals surface area contributed by atoms with Crippen LogP contribution in [-0.4, -0.2) is 15.0 Å². The molecule has 1 aliphatic heterocycles. The molecule has 48 heavy (non-hydrogen) atoms. The molecule has 0 saturated carbocycles. The lowest BCUT2D eigenvalue weighted by Crippen LogP contribution is -2.24. The Morgan fingerprint density at radius 1 is 0.542 bits per heavy atom. The average Bonchev–Trinajstić information content (AvgIpc) is 3.14. The second kappa shape index (κ2) is 11.6. The van der Waals surface area contributed by atoms with E-state index in [9.17, 15) is 10.5 Å². The molecule has 2 heterocycles. The van der Waals surface area contributed by atoms with Crippen LogP contribution in [0.25, 0.3) is 56.1 Å². The summed E-state index contributed by atoms with van der Waals surface area (Å²) in [5.74, 6) is 1.78. The van der Waals surface area contributed by atoms with Gasteiger partial charge in [0.05, 0.1) is 23.3 Å². The van der Waals surface area contributed by atoms with Crippen LogP contribution < -0.4 is 0 Å². The molecule has 0 unspecified atom stereocenters. The highest BCUT2D eigenvalue weighted by molar-refractivity contribution is 7.99. The summed E-state index contributed by atoms with van der Waals surface area (Å²) in [5.41, 5.74) is 8.25. The Morgan fingerprint density at radius 2 is 1.21 bits per heavy atom. The number of fused-ring (bicyclic) bond motifs is 3. The zero-order valence-electron chi connectivity index (χ0n) is 26.3. The summed E-state index contributed by atoms with van der Waals surface area (Å²) in [7, 11) is 0. The minimum absolute atomic E-state index is 0.274. The fourth-order valence-corrected chi connectivity index (χ4v) is 8.09. The molecule has 0 atom stereocenters. The quantitative estimate of drug-likeness (QED) is 0.192. The molecular formula is C42H27N5S. The first-order valence-electron chi connectivity index (χ1n) is 15.6. The molecule has 5 nitrogen and oxygen atoms in total. The van der Waals surface area contributed by atoms with Crippen molar-refractivity contribution in [1.29, 1.82) is 10.5 Å². The van der Waals surface area contributed by atoms with Crippen molar-refractivity contribution in [1.82, 2.24) is 15.0 Å². The van der Waals surface area contributed by atoms with Gasteiger partial charge in [0.25, 0.3) is 0 Å². The van der Waals surface area contributed by atoms with Crippen LogP contribution in [0.5, 0.6) is 0 Å². The molecule has 226 valence electrons. The van der Waals surface area contributed by atoms with Crippen LogP contribution in [0.2, 0.25) is 0 Å². The highest BCUT2D eigenvalue weighted by Crippen LogP contribution is 2.52. The summed E-state index contributed by atoms with van der Waals surface area (Å²) in [6.45, 7) is 4.46. The lowest BCUT2D eigenvalue weighted by atomic mass is 9.77. The van der Waals surface area contributed by atoms with Crippen LogP contribution in [0.15, 0.2) is 137 Å². The predicted octanol–water partition coefficient (Wildman–Crippen LogP) is 10.2. The van der Waals surface area contributed by atoms with Crippen molar-refractivity contribution in [3.05, 3.63) is 150 Å². The van der Waals surface area contributed by atoms with Gasteiger partial charge in [-0.2, -0.15) is 10.5 Å². The van der Waals surface area contributed by atoms with Crippen molar-refractivity contribution in [3.8, 4) is 57.4 Å². The van der Waals surface area contributed by atoms with E-state index in [1.54, 1.807) is 11.8 Å². The summed E-state index contributed by atoms with van der Waals surface area (Å²) in [6, 6.07) is 47.1. The van der Waals surface area contributed by atoms with Gasteiger partial charge in [0, 0.05) is 37.3 Å². The normalized spacial score (nSPS) is 12.8. The fourth-order valence-electron chi connectivity index (χ4n) is 6.55. The van der Waals surface area contributed by atoms with Gasteiger partial charge in [0.1, 0.15) is 0 Å². The molecule has 0 radical (unpaired) electrons. The van der Waals surface area contributed by atoms with E-state index in [1.807, 2.05) is 84.9 Å². The largest absolute Gasteiger partial charge is 0.208 e. The third-order valence-corrected chi connectivity index (χ3v) is 10.3. The lowest BCUT2D eigenvalue weighted by Gasteiger charge is -2.35. The van der Waals surface area contributed by atoms with Gasteiger partial charge in [0.2, 0.25) is 0 Å². The highest BCUT2D eigenvalue weighted by Gasteiger charge is 2.35. The van der Waals surface area contributed by atoms with Crippen molar-refractivity contribution >= 4 is 22.5 Å². The Kier molecular flexibility index (Phi) is 7.10. The standard InChI is InChI=1S/C42H27N5S/c1-42(2)35-22-15-26(24-43)23-37(35)48-38-34(13-8-14-36(38)42)41-46-39(28-9-4-3-5-10-28)45-40(47-41)29-18-16-27(17-19-29)32-21-20-30(25-44)31-11-6-7-12-33(31)32/h3-23H,1-2H3. The molecule has 7 aromatic rings. The first kappa shape index (κ1) is 29.3. The molecule has 0 spiro atoms. The Labute approximate surface area is 283 Å². The maximum Gasteiger partial charge on any atom is 0.165 e. The Hall–Kier alpha value is -6.08. The summed E-state index contributed by atoms with van der Waals surface area (Å²) in [4.78, 5) is 17.3. The molecule has 1 aromatic heterocycles. The Balaban J connectivity index is 1.26. The van der Waals surface area contributed by atoms with Crippen LogP contribution in [0.4, 0.5) is 0 Å². The van der Waals surface area contributed by atoms with Gasteiger partial charge in [-0.25, -0.2) is 15.0 Å². The van der Waals surface area contributed by atoms with Crippen LogP contribution in [-0.2, 0) is 5.41 Å². The van der Waals surface area contributed by atoms with E-state index in [-0.39, 0.29) is 5.41 Å². The van der Waals surface area contributed by atoms with Crippen LogP contribution in [0.1, 0.15) is 36.1 Å². The summed E-state index contributed by atoms with van der Waals surface area (Å²) < 4.78 is 0. The molecule has 0 saturated heterocycles. The van der Waals surface area contributed by atoms with Crippen molar-refractivity contribution in [2.24, 2.45) is 0 Å². The van der Waals surface area contributed by atoms with Crippen molar-refractivity contribution in [2.45, 2.75) is 29.1 Å². The van der Waals surface area contributed by atoms with Crippen LogP contribution in [0.3, 0.4) is 0 Å². The number of hydrogen-bond donors (Lipinski definition) is 0. The first-order valence-corrected chi connectivity index (χ1v) is 16.5. The minimum atomic E-state index is -0.274. The molecule has 0 bridgehead atoms. The smallest absolute Gasteiger partial charge is 0.165 e. The maximum absolute atomic E-state index is 9.64. The summed E-state index contributed by atoms with van der Waals surface area (Å²) >= 11 is 1.67. The van der Waals surface area contributed by atoms with E-state index >= 15 is 0 Å². The van der Waals surface area contributed by atoms with Crippen LogP contribution >= 0.6 is 11.8 Å². The molecule has 0 aliphatic carbocycles. The second-order valence-corrected chi connectivity index (χ2v) is 13.4. The summed E-state index contributed by atoms with van der Waals surface area (Å²) in [5, 5.41) is 21.2. The van der Waals surface area contributed by atoms with Gasteiger partial charge in [0.15, 0.2) is 17.5 Å². The Bertz CT molecular complexity index is 2470.